The monoisotopic (exact) mass is 464 g/mol. The average Bonchev–Trinajstić information content (AvgIpc) is 2.88. The summed E-state index contributed by atoms with van der Waals surface area (Å²) in [7, 11) is 0. The highest BCUT2D eigenvalue weighted by Crippen LogP contribution is 2.23. The summed E-state index contributed by atoms with van der Waals surface area (Å²) in [5.41, 5.74) is 18.1. The number of nitrogens with one attached hydrogen (secondary N) is 2. The summed E-state index contributed by atoms with van der Waals surface area (Å²) < 4.78 is 3.76. The van der Waals surface area contributed by atoms with E-state index in [1.54, 1.807) is 0 Å². The SMILES string of the molecule is NCCCNc1ccc2nc3ccc(NCCCN)cc3[n+](CC[N+]34CCN(CC3)CC4)c2c1. The lowest BCUT2D eigenvalue weighted by Crippen LogP contribution is -2.68. The zero-order chi connectivity index (χ0) is 23.4. The Morgan fingerprint density at radius 2 is 1.35 bits per heavy atom. The number of hydrogen-bond donors (Lipinski definition) is 4. The van der Waals surface area contributed by atoms with Crippen LogP contribution in [0, 0.1) is 0 Å². The summed E-state index contributed by atoms with van der Waals surface area (Å²) in [6, 6.07) is 13.1. The number of rotatable bonds is 11. The second kappa shape index (κ2) is 10.4. The van der Waals surface area contributed by atoms with Crippen molar-refractivity contribution >= 4 is 33.4 Å². The van der Waals surface area contributed by atoms with Crippen molar-refractivity contribution in [3.05, 3.63) is 36.4 Å². The van der Waals surface area contributed by atoms with E-state index in [-0.39, 0.29) is 0 Å². The molecule has 0 aliphatic carbocycles. The maximum Gasteiger partial charge on any atom is 0.233 e. The first-order valence-corrected chi connectivity index (χ1v) is 12.9. The molecule has 3 aliphatic heterocycles. The van der Waals surface area contributed by atoms with Gasteiger partial charge in [-0.25, -0.2) is 4.98 Å². The van der Waals surface area contributed by atoms with Gasteiger partial charge in [0.2, 0.25) is 11.0 Å². The maximum atomic E-state index is 5.69. The first-order valence-electron chi connectivity index (χ1n) is 12.9. The first-order chi connectivity index (χ1) is 16.7. The molecule has 3 aliphatic rings. The molecule has 2 bridgehead atoms. The third kappa shape index (κ3) is 4.95. The van der Waals surface area contributed by atoms with Crippen molar-refractivity contribution in [3.8, 4) is 0 Å². The van der Waals surface area contributed by atoms with Gasteiger partial charge in [0.05, 0.1) is 19.6 Å². The summed E-state index contributed by atoms with van der Waals surface area (Å²) in [4.78, 5) is 7.64. The minimum absolute atomic E-state index is 0.699. The molecule has 182 valence electrons. The highest BCUT2D eigenvalue weighted by atomic mass is 15.5. The Hall–Kier alpha value is -2.52. The summed E-state index contributed by atoms with van der Waals surface area (Å²) in [5.74, 6) is 0. The van der Waals surface area contributed by atoms with Crippen molar-refractivity contribution < 1.29 is 9.05 Å². The summed E-state index contributed by atoms with van der Waals surface area (Å²) in [6.07, 6.45) is 1.92. The van der Waals surface area contributed by atoms with Crippen molar-refractivity contribution in [1.82, 2.24) is 9.88 Å². The smallest absolute Gasteiger partial charge is 0.233 e. The Labute approximate surface area is 202 Å². The summed E-state index contributed by atoms with van der Waals surface area (Å²) >= 11 is 0. The molecule has 8 nitrogen and oxygen atoms in total. The summed E-state index contributed by atoms with van der Waals surface area (Å²) in [6.45, 7) is 12.9. The van der Waals surface area contributed by atoms with Gasteiger partial charge in [-0.05, 0) is 50.2 Å². The third-order valence-corrected chi connectivity index (χ3v) is 7.66. The zero-order valence-electron chi connectivity index (χ0n) is 20.3. The van der Waals surface area contributed by atoms with Crippen molar-refractivity contribution in [2.45, 2.75) is 19.4 Å². The molecule has 1 aromatic heterocycles. The van der Waals surface area contributed by atoms with E-state index in [0.717, 1.165) is 54.9 Å². The first kappa shape index (κ1) is 23.2. The van der Waals surface area contributed by atoms with E-state index < -0.39 is 0 Å². The maximum absolute atomic E-state index is 5.69. The molecule has 34 heavy (non-hydrogen) atoms. The largest absolute Gasteiger partial charge is 0.385 e. The lowest BCUT2D eigenvalue weighted by atomic mass is 10.1. The molecule has 4 heterocycles. The number of quaternary nitrogens is 1. The molecule has 3 fully saturated rings. The van der Waals surface area contributed by atoms with Gasteiger partial charge >= 0.3 is 0 Å². The van der Waals surface area contributed by atoms with Crippen LogP contribution in [-0.2, 0) is 6.54 Å². The van der Waals surface area contributed by atoms with Crippen LogP contribution in [0.5, 0.6) is 0 Å². The Balaban J connectivity index is 1.52. The minimum Gasteiger partial charge on any atom is -0.385 e. The van der Waals surface area contributed by atoms with Gasteiger partial charge in [0.15, 0.2) is 6.54 Å². The van der Waals surface area contributed by atoms with Crippen molar-refractivity contribution in [2.24, 2.45) is 11.5 Å². The number of nitrogens with zero attached hydrogens (tertiary/aromatic N) is 4. The molecule has 6 rings (SSSR count). The van der Waals surface area contributed by atoms with Gasteiger partial charge in [-0.3, -0.25) is 4.90 Å². The van der Waals surface area contributed by atoms with Gasteiger partial charge in [0, 0.05) is 56.2 Å². The van der Waals surface area contributed by atoms with E-state index in [1.807, 2.05) is 0 Å². The van der Waals surface area contributed by atoms with Crippen LogP contribution < -0.4 is 26.7 Å². The predicted octanol–water partition coefficient (Wildman–Crippen LogP) is 1.34. The van der Waals surface area contributed by atoms with Gasteiger partial charge in [-0.2, -0.15) is 4.57 Å². The second-order valence-electron chi connectivity index (χ2n) is 9.89. The third-order valence-electron chi connectivity index (χ3n) is 7.66. The Bertz CT molecular complexity index is 1040. The molecule has 3 aromatic rings. The molecule has 0 spiro atoms. The Morgan fingerprint density at radius 1 is 0.824 bits per heavy atom. The highest BCUT2D eigenvalue weighted by Gasteiger charge is 2.39. The molecule has 0 atom stereocenters. The number of benzene rings is 2. The van der Waals surface area contributed by atoms with Crippen LogP contribution in [0.3, 0.4) is 0 Å². The topological polar surface area (TPSA) is 96.1 Å². The fourth-order valence-electron chi connectivity index (χ4n) is 5.44. The fourth-order valence-corrected chi connectivity index (χ4v) is 5.44. The van der Waals surface area contributed by atoms with E-state index in [9.17, 15) is 0 Å². The number of aromatic nitrogens is 2. The van der Waals surface area contributed by atoms with Gasteiger partial charge < -0.3 is 26.6 Å². The van der Waals surface area contributed by atoms with E-state index >= 15 is 0 Å². The van der Waals surface area contributed by atoms with Crippen molar-refractivity contribution in [2.75, 3.05) is 82.6 Å². The molecular weight excluding hydrogens is 424 g/mol. The normalized spacial score (nSPS) is 21.9. The lowest BCUT2D eigenvalue weighted by molar-refractivity contribution is -0.953. The lowest BCUT2D eigenvalue weighted by Gasteiger charge is -2.50. The summed E-state index contributed by atoms with van der Waals surface area (Å²) in [5, 5.41) is 7.07. The van der Waals surface area contributed by atoms with Crippen LogP contribution in [0.4, 0.5) is 11.4 Å². The van der Waals surface area contributed by atoms with Crippen molar-refractivity contribution in [3.63, 3.8) is 0 Å². The molecule has 0 unspecified atom stereocenters. The molecule has 3 saturated heterocycles. The number of nitrogens with two attached hydrogens (primary N) is 2. The molecule has 6 N–H and O–H groups in total. The van der Waals surface area contributed by atoms with Gasteiger partial charge in [-0.1, -0.05) is 0 Å². The predicted molar refractivity (Wildman–Crippen MR) is 140 cm³/mol. The molecule has 0 radical (unpaired) electrons. The van der Waals surface area contributed by atoms with Gasteiger partial charge in [0.1, 0.15) is 17.6 Å². The van der Waals surface area contributed by atoms with E-state index in [1.165, 1.54) is 61.3 Å². The fraction of sp³-hybridized carbons (Fsp3) is 0.538. The van der Waals surface area contributed by atoms with E-state index in [4.69, 9.17) is 16.5 Å². The number of fused-ring (bicyclic) bond motifs is 5. The van der Waals surface area contributed by atoms with E-state index in [0.29, 0.717) is 13.1 Å². The molecule has 8 heteroatoms. The quantitative estimate of drug-likeness (QED) is 0.148. The van der Waals surface area contributed by atoms with Crippen LogP contribution in [0.1, 0.15) is 12.8 Å². The number of hydrogen-bond acceptors (Lipinski definition) is 6. The zero-order valence-corrected chi connectivity index (χ0v) is 20.3. The standard InChI is InChI=1S/C26H39N8/c27-7-1-9-29-21-3-5-23-25(19-21)33(14-18-34-15-11-32(12-16-34)13-17-34)26-20-22(30-10-2-8-28)4-6-24(26)31-23/h3-6,19-20H,1-2,7-18,27-28H2,(H,29,30)/q+1/p+1. The van der Waals surface area contributed by atoms with Crippen LogP contribution in [-0.4, -0.2) is 86.4 Å². The van der Waals surface area contributed by atoms with Crippen LogP contribution in [0.2, 0.25) is 0 Å². The van der Waals surface area contributed by atoms with Gasteiger partial charge in [0.25, 0.3) is 0 Å². The number of piperazine rings is 3. The minimum atomic E-state index is 0.699. The number of anilines is 2. The van der Waals surface area contributed by atoms with Gasteiger partial charge in [-0.15, -0.1) is 0 Å². The molecular formula is C26H40N8+2. The van der Waals surface area contributed by atoms with Crippen LogP contribution >= 0.6 is 0 Å². The molecule has 0 amide bonds. The van der Waals surface area contributed by atoms with E-state index in [2.05, 4.69) is 56.5 Å². The van der Waals surface area contributed by atoms with Crippen LogP contribution in [0.15, 0.2) is 36.4 Å². The highest BCUT2D eigenvalue weighted by molar-refractivity contribution is 5.85. The Morgan fingerprint density at radius 3 is 1.85 bits per heavy atom. The molecule has 2 aromatic carbocycles. The van der Waals surface area contributed by atoms with Crippen molar-refractivity contribution in [1.29, 1.82) is 0 Å². The van der Waals surface area contributed by atoms with Crippen LogP contribution in [0.25, 0.3) is 22.1 Å². The molecule has 0 saturated carbocycles. The Kier molecular flexibility index (Phi) is 7.10. The second-order valence-corrected chi connectivity index (χ2v) is 9.89. The average molecular weight is 465 g/mol.